The number of ether oxygens (including phenoxy) is 2. The summed E-state index contributed by atoms with van der Waals surface area (Å²) in [5.41, 5.74) is 3.18. The van der Waals surface area contributed by atoms with Gasteiger partial charge in [-0.25, -0.2) is 17.6 Å². The molecule has 1 aliphatic rings. The number of rotatable bonds is 15. The predicted octanol–water partition coefficient (Wildman–Crippen LogP) is 7.06. The number of unbranched alkanes of at least 4 members (excludes halogenated alkanes) is 3. The van der Waals surface area contributed by atoms with Crippen molar-refractivity contribution in [3.8, 4) is 17.1 Å². The number of nitrogens with one attached hydrogen (secondary N) is 1. The summed E-state index contributed by atoms with van der Waals surface area (Å²) in [5, 5.41) is 3.26. The molecule has 4 aromatic rings. The zero-order valence-electron chi connectivity index (χ0n) is 26.3. The first-order valence-electron chi connectivity index (χ1n) is 15.6. The van der Waals surface area contributed by atoms with E-state index in [0.29, 0.717) is 71.0 Å². The van der Waals surface area contributed by atoms with Gasteiger partial charge < -0.3 is 19.2 Å². The van der Waals surface area contributed by atoms with Gasteiger partial charge in [-0.15, -0.1) is 0 Å². The van der Waals surface area contributed by atoms with Crippen LogP contribution in [-0.2, 0) is 14.8 Å². The first-order chi connectivity index (χ1) is 22.1. The van der Waals surface area contributed by atoms with Crippen LogP contribution < -0.4 is 14.4 Å². The summed E-state index contributed by atoms with van der Waals surface area (Å²) in [6, 6.07) is 16.2. The van der Waals surface area contributed by atoms with Crippen molar-refractivity contribution in [2.75, 3.05) is 37.4 Å². The summed E-state index contributed by atoms with van der Waals surface area (Å²) in [4.78, 5) is 24.8. The summed E-state index contributed by atoms with van der Waals surface area (Å²) in [6.07, 6.45) is 6.15. The van der Waals surface area contributed by atoms with Crippen LogP contribution in [0.25, 0.3) is 22.3 Å². The number of amides is 1. The Bertz CT molecular complexity index is 1800. The normalized spacial score (nSPS) is 13.0. The monoisotopic (exact) mass is 650 g/mol. The topological polar surface area (TPSA) is 115 Å². The molecule has 0 bridgehead atoms. The maximum absolute atomic E-state index is 13.7. The predicted molar refractivity (Wildman–Crippen MR) is 176 cm³/mol. The van der Waals surface area contributed by atoms with Crippen molar-refractivity contribution in [1.82, 2.24) is 5.32 Å². The van der Waals surface area contributed by atoms with Crippen molar-refractivity contribution >= 4 is 38.6 Å². The highest BCUT2D eigenvalue weighted by molar-refractivity contribution is 7.92. The van der Waals surface area contributed by atoms with E-state index in [-0.39, 0.29) is 17.8 Å². The van der Waals surface area contributed by atoms with Crippen LogP contribution in [0.5, 0.6) is 5.75 Å². The second-order valence-electron chi connectivity index (χ2n) is 11.4. The van der Waals surface area contributed by atoms with E-state index in [4.69, 9.17) is 13.9 Å². The van der Waals surface area contributed by atoms with Crippen molar-refractivity contribution in [3.63, 3.8) is 0 Å². The number of halogens is 1. The Morgan fingerprint density at radius 2 is 1.70 bits per heavy atom. The molecule has 244 valence electrons. The standard InChI is InChI=1S/C35H39FN2O7S/c1-4-43-35(40)25-13-17-27(18-14-25)44-20-8-6-5-7-19-38(46(3,41)42)30-22-31-29(21-28(30)23-9-10-23)32(34(39)37-2)33(45-31)24-11-15-26(36)16-12-24/h11-18,21-23H,4-10,19-20H2,1-3H3,(H,37,39). The molecule has 0 spiro atoms. The minimum atomic E-state index is -3.63. The molecule has 0 atom stereocenters. The Kier molecular flexibility index (Phi) is 10.3. The van der Waals surface area contributed by atoms with Crippen LogP contribution in [0.15, 0.2) is 65.1 Å². The highest BCUT2D eigenvalue weighted by Gasteiger charge is 2.33. The molecule has 1 amide bonds. The molecule has 5 rings (SSSR count). The molecule has 1 saturated carbocycles. The first kappa shape index (κ1) is 33.0. The lowest BCUT2D eigenvalue weighted by Gasteiger charge is -2.25. The largest absolute Gasteiger partial charge is 0.494 e. The second-order valence-corrected chi connectivity index (χ2v) is 13.3. The summed E-state index contributed by atoms with van der Waals surface area (Å²) in [5.74, 6) is 0.0433. The third-order valence-electron chi connectivity index (χ3n) is 7.97. The minimum absolute atomic E-state index is 0.189. The van der Waals surface area contributed by atoms with Crippen LogP contribution in [0.2, 0.25) is 0 Å². The molecule has 0 radical (unpaired) electrons. The lowest BCUT2D eigenvalue weighted by Crippen LogP contribution is -2.31. The van der Waals surface area contributed by atoms with E-state index in [9.17, 15) is 22.4 Å². The molecule has 1 heterocycles. The fraction of sp³-hybridized carbons (Fsp3) is 0.371. The fourth-order valence-electron chi connectivity index (χ4n) is 5.51. The average Bonchev–Trinajstić information content (AvgIpc) is 3.82. The molecule has 11 heteroatoms. The molecule has 3 aromatic carbocycles. The van der Waals surface area contributed by atoms with Crippen molar-refractivity contribution in [1.29, 1.82) is 0 Å². The summed E-state index contributed by atoms with van der Waals surface area (Å²) in [6.45, 7) is 2.88. The smallest absolute Gasteiger partial charge is 0.338 e. The number of fused-ring (bicyclic) bond motifs is 1. The number of hydrogen-bond acceptors (Lipinski definition) is 7. The summed E-state index contributed by atoms with van der Waals surface area (Å²) >= 11 is 0. The van der Waals surface area contributed by atoms with Gasteiger partial charge in [0.15, 0.2) is 0 Å². The van der Waals surface area contributed by atoms with Gasteiger partial charge in [0.25, 0.3) is 5.91 Å². The molecule has 1 aromatic heterocycles. The van der Waals surface area contributed by atoms with Crippen molar-refractivity contribution in [2.45, 2.75) is 51.4 Å². The number of hydrogen-bond donors (Lipinski definition) is 1. The number of sulfonamides is 1. The van der Waals surface area contributed by atoms with Crippen molar-refractivity contribution in [2.24, 2.45) is 0 Å². The number of carbonyl (C=O) groups excluding carboxylic acids is 2. The Morgan fingerprint density at radius 1 is 1.00 bits per heavy atom. The number of furan rings is 1. The molecule has 1 fully saturated rings. The van der Waals surface area contributed by atoms with Gasteiger partial charge in [0.05, 0.1) is 36.3 Å². The summed E-state index contributed by atoms with van der Waals surface area (Å²) < 4.78 is 58.3. The number of anilines is 1. The molecule has 1 N–H and O–H groups in total. The maximum atomic E-state index is 13.7. The quantitative estimate of drug-likeness (QED) is 0.108. The third-order valence-corrected chi connectivity index (χ3v) is 9.15. The third kappa shape index (κ3) is 7.70. The van der Waals surface area contributed by atoms with Crippen LogP contribution in [0, 0.1) is 5.82 Å². The van der Waals surface area contributed by atoms with Crippen molar-refractivity contribution in [3.05, 3.63) is 83.2 Å². The highest BCUT2D eigenvalue weighted by atomic mass is 32.2. The van der Waals surface area contributed by atoms with E-state index in [2.05, 4.69) is 5.32 Å². The van der Waals surface area contributed by atoms with Crippen molar-refractivity contribution < 1.29 is 36.3 Å². The zero-order chi connectivity index (χ0) is 32.8. The lowest BCUT2D eigenvalue weighted by atomic mass is 10.0. The number of esters is 1. The van der Waals surface area contributed by atoms with E-state index < -0.39 is 15.8 Å². The van der Waals surface area contributed by atoms with Gasteiger partial charge in [0.1, 0.15) is 22.9 Å². The van der Waals surface area contributed by atoms with Crippen LogP contribution >= 0.6 is 0 Å². The fourth-order valence-corrected chi connectivity index (χ4v) is 6.49. The Hall–Kier alpha value is -4.38. The van der Waals surface area contributed by atoms with E-state index in [1.807, 2.05) is 6.07 Å². The molecular weight excluding hydrogens is 611 g/mol. The van der Waals surface area contributed by atoms with E-state index >= 15 is 0 Å². The molecule has 0 aliphatic heterocycles. The number of carbonyl (C=O) groups is 2. The number of benzene rings is 3. The second kappa shape index (κ2) is 14.4. The van der Waals surface area contributed by atoms with Gasteiger partial charge in [0.2, 0.25) is 10.0 Å². The van der Waals surface area contributed by atoms with Gasteiger partial charge in [-0.05, 0) is 98.7 Å². The Labute approximate surface area is 268 Å². The maximum Gasteiger partial charge on any atom is 0.338 e. The van der Waals surface area contributed by atoms with Crippen LogP contribution in [0.1, 0.15) is 77.6 Å². The highest BCUT2D eigenvalue weighted by Crippen LogP contribution is 2.48. The Balaban J connectivity index is 1.28. The lowest BCUT2D eigenvalue weighted by molar-refractivity contribution is 0.0526. The van der Waals surface area contributed by atoms with Gasteiger partial charge in [-0.1, -0.05) is 12.8 Å². The number of nitrogens with zero attached hydrogens (tertiary/aromatic N) is 1. The molecule has 0 saturated heterocycles. The molecule has 1 aliphatic carbocycles. The van der Waals surface area contributed by atoms with E-state index in [0.717, 1.165) is 37.7 Å². The summed E-state index contributed by atoms with van der Waals surface area (Å²) in [7, 11) is -2.09. The molecule has 46 heavy (non-hydrogen) atoms. The SMILES string of the molecule is CCOC(=O)c1ccc(OCCCCCCN(c2cc3oc(-c4ccc(F)cc4)c(C(=O)NC)c3cc2C2CC2)S(C)(=O)=O)cc1. The van der Waals surface area contributed by atoms with Gasteiger partial charge in [-0.2, -0.15) is 0 Å². The van der Waals surface area contributed by atoms with E-state index in [1.54, 1.807) is 49.4 Å². The van der Waals surface area contributed by atoms with E-state index in [1.165, 1.54) is 29.7 Å². The molecule has 0 unspecified atom stereocenters. The van der Waals surface area contributed by atoms with Crippen LogP contribution in [-0.4, -0.2) is 53.4 Å². The molecular formula is C35H39FN2O7S. The van der Waals surface area contributed by atoms with Gasteiger partial charge in [0, 0.05) is 30.6 Å². The van der Waals surface area contributed by atoms with Crippen LogP contribution in [0.3, 0.4) is 0 Å². The Morgan fingerprint density at radius 3 is 2.33 bits per heavy atom. The van der Waals surface area contributed by atoms with Gasteiger partial charge in [-0.3, -0.25) is 9.10 Å². The zero-order valence-corrected chi connectivity index (χ0v) is 27.1. The van der Waals surface area contributed by atoms with Crippen LogP contribution in [0.4, 0.5) is 10.1 Å². The average molecular weight is 651 g/mol. The first-order valence-corrected chi connectivity index (χ1v) is 17.4. The molecule has 9 nitrogen and oxygen atoms in total. The van der Waals surface area contributed by atoms with Gasteiger partial charge >= 0.3 is 5.97 Å². The minimum Gasteiger partial charge on any atom is -0.494 e.